The van der Waals surface area contributed by atoms with Crippen LogP contribution in [0.1, 0.15) is 66.9 Å². The van der Waals surface area contributed by atoms with Crippen molar-refractivity contribution in [2.24, 2.45) is 0 Å². The van der Waals surface area contributed by atoms with Crippen LogP contribution >= 0.6 is 0 Å². The third-order valence-corrected chi connectivity index (χ3v) is 7.96. The second kappa shape index (κ2) is 11.0. The van der Waals surface area contributed by atoms with Gasteiger partial charge in [0.2, 0.25) is 5.91 Å². The van der Waals surface area contributed by atoms with Gasteiger partial charge in [-0.05, 0) is 48.9 Å². The summed E-state index contributed by atoms with van der Waals surface area (Å²) in [7, 11) is -2.31. The summed E-state index contributed by atoms with van der Waals surface area (Å²) in [5.74, 6) is -3.59. The lowest BCUT2D eigenvalue weighted by molar-refractivity contribution is -0.114. The average Bonchev–Trinajstić information content (AvgIpc) is 3.36. The number of fused-ring (bicyclic) bond motifs is 2. The lowest BCUT2D eigenvalue weighted by Gasteiger charge is -2.27. The Kier molecular flexibility index (Phi) is 7.52. The van der Waals surface area contributed by atoms with E-state index in [0.29, 0.717) is 17.1 Å². The highest BCUT2D eigenvalue weighted by Gasteiger charge is 2.47. The molecule has 12 nitrogen and oxygen atoms in total. The second-order valence-corrected chi connectivity index (χ2v) is 12.2. The molecule has 1 N–H and O–H groups in total. The molecular weight excluding hydrogens is 578 g/mol. The summed E-state index contributed by atoms with van der Waals surface area (Å²) in [6.45, 7) is 3.29. The second-order valence-electron chi connectivity index (χ2n) is 9.99. The van der Waals surface area contributed by atoms with Gasteiger partial charge in [-0.3, -0.25) is 28.9 Å². The SMILES string of the molecule is CCOc1cc(C(CS(C)(=O)=O)N2C(=O)c3cccc(N4C(=O)c5cccc(NC(C)=O)c5C4=O)c3C2=O)ccc1OC. The van der Waals surface area contributed by atoms with E-state index in [2.05, 4.69) is 5.32 Å². The van der Waals surface area contributed by atoms with Crippen molar-refractivity contribution in [3.05, 3.63) is 82.4 Å². The minimum atomic E-state index is -3.75. The van der Waals surface area contributed by atoms with Gasteiger partial charge in [0.25, 0.3) is 23.6 Å². The van der Waals surface area contributed by atoms with Crippen LogP contribution in [0.25, 0.3) is 0 Å². The van der Waals surface area contributed by atoms with Crippen LogP contribution in [0.4, 0.5) is 11.4 Å². The highest BCUT2D eigenvalue weighted by Crippen LogP contribution is 2.41. The number of sulfone groups is 1. The molecule has 0 saturated carbocycles. The number of benzene rings is 3. The van der Waals surface area contributed by atoms with Gasteiger partial charge >= 0.3 is 0 Å². The van der Waals surface area contributed by atoms with Gasteiger partial charge in [-0.1, -0.05) is 18.2 Å². The van der Waals surface area contributed by atoms with Crippen molar-refractivity contribution < 1.29 is 41.9 Å². The summed E-state index contributed by atoms with van der Waals surface area (Å²) in [6.07, 6.45) is 0.988. The van der Waals surface area contributed by atoms with Crippen LogP contribution in [-0.2, 0) is 14.6 Å². The Bertz CT molecular complexity index is 1830. The first kappa shape index (κ1) is 29.5. The fourth-order valence-corrected chi connectivity index (χ4v) is 6.24. The highest BCUT2D eigenvalue weighted by molar-refractivity contribution is 7.90. The number of nitrogens with one attached hydrogen (secondary N) is 1. The number of anilines is 2. The molecule has 5 rings (SSSR count). The highest BCUT2D eigenvalue weighted by atomic mass is 32.2. The summed E-state index contributed by atoms with van der Waals surface area (Å²) in [6, 6.07) is 11.9. The topological polar surface area (TPSA) is 156 Å². The molecular formula is C30H27N3O9S. The van der Waals surface area contributed by atoms with Gasteiger partial charge in [0.05, 0.1) is 59.1 Å². The minimum absolute atomic E-state index is 0.0131. The third kappa shape index (κ3) is 5.12. The normalized spacial score (nSPS) is 15.0. The van der Waals surface area contributed by atoms with E-state index in [4.69, 9.17) is 9.47 Å². The lowest BCUT2D eigenvalue weighted by Crippen LogP contribution is -2.38. The van der Waals surface area contributed by atoms with Gasteiger partial charge in [-0.15, -0.1) is 0 Å². The first-order valence-electron chi connectivity index (χ1n) is 13.2. The van der Waals surface area contributed by atoms with Crippen molar-refractivity contribution in [2.45, 2.75) is 19.9 Å². The minimum Gasteiger partial charge on any atom is -0.493 e. The fraction of sp³-hybridized carbons (Fsp3) is 0.233. The maximum atomic E-state index is 14.1. The van der Waals surface area contributed by atoms with E-state index in [9.17, 15) is 32.4 Å². The molecule has 13 heteroatoms. The molecule has 0 radical (unpaired) electrons. The van der Waals surface area contributed by atoms with Gasteiger partial charge in [0.1, 0.15) is 9.84 Å². The Morgan fingerprint density at radius 3 is 2.19 bits per heavy atom. The average molecular weight is 606 g/mol. The van der Waals surface area contributed by atoms with Crippen LogP contribution in [0.3, 0.4) is 0 Å². The largest absolute Gasteiger partial charge is 0.493 e. The number of rotatable bonds is 9. The molecule has 1 atom stereocenters. The number of carbonyl (C=O) groups is 5. The quantitative estimate of drug-likeness (QED) is 0.362. The Hall–Kier alpha value is -5.04. The van der Waals surface area contributed by atoms with E-state index < -0.39 is 51.2 Å². The Labute approximate surface area is 247 Å². The van der Waals surface area contributed by atoms with Crippen molar-refractivity contribution in [1.29, 1.82) is 0 Å². The van der Waals surface area contributed by atoms with E-state index in [1.54, 1.807) is 13.0 Å². The fourth-order valence-electron chi connectivity index (χ4n) is 5.33. The van der Waals surface area contributed by atoms with Gasteiger partial charge in [-0.2, -0.15) is 0 Å². The van der Waals surface area contributed by atoms with Gasteiger partial charge in [0.15, 0.2) is 11.5 Å². The summed E-state index contributed by atoms with van der Waals surface area (Å²) in [5, 5.41) is 2.54. The molecule has 0 fully saturated rings. The van der Waals surface area contributed by atoms with Crippen molar-refractivity contribution in [3.8, 4) is 11.5 Å². The molecule has 5 amide bonds. The van der Waals surface area contributed by atoms with Crippen molar-refractivity contribution >= 4 is 50.7 Å². The standard InChI is InChI=1S/C30H27N3O9S/c1-5-42-24-14-17(12-13-23(24)41-3)22(15-43(4,39)40)33-28(36)19-9-7-11-21(26(19)30(33)38)32-27(35)18-8-6-10-20(31-16(2)34)25(18)29(32)37/h6-14,22H,5,15H2,1-4H3,(H,31,34). The number of hydrogen-bond acceptors (Lipinski definition) is 9. The molecule has 222 valence electrons. The Morgan fingerprint density at radius 2 is 1.56 bits per heavy atom. The third-order valence-electron chi connectivity index (χ3n) is 7.04. The molecule has 0 bridgehead atoms. The van der Waals surface area contributed by atoms with Gasteiger partial charge in [0, 0.05) is 13.2 Å². The van der Waals surface area contributed by atoms with E-state index in [1.165, 1.54) is 62.6 Å². The van der Waals surface area contributed by atoms with E-state index in [0.717, 1.165) is 16.1 Å². The lowest BCUT2D eigenvalue weighted by atomic mass is 10.1. The van der Waals surface area contributed by atoms with Crippen LogP contribution < -0.4 is 19.7 Å². The predicted octanol–water partition coefficient (Wildman–Crippen LogP) is 3.23. The number of carbonyl (C=O) groups excluding carboxylic acids is 5. The number of nitrogens with zero attached hydrogens (tertiary/aromatic N) is 2. The van der Waals surface area contributed by atoms with Crippen LogP contribution in [0.15, 0.2) is 54.6 Å². The summed E-state index contributed by atoms with van der Waals surface area (Å²) >= 11 is 0. The zero-order valence-electron chi connectivity index (χ0n) is 23.7. The molecule has 3 aromatic carbocycles. The smallest absolute Gasteiger partial charge is 0.268 e. The molecule has 2 heterocycles. The molecule has 0 aromatic heterocycles. The molecule has 2 aliphatic heterocycles. The zero-order chi connectivity index (χ0) is 31.2. The molecule has 1 unspecified atom stereocenters. The first-order valence-corrected chi connectivity index (χ1v) is 15.2. The summed E-state index contributed by atoms with van der Waals surface area (Å²) in [5.41, 5.74) is -0.0733. The van der Waals surface area contributed by atoms with Crippen LogP contribution in [0.5, 0.6) is 11.5 Å². The Balaban J connectivity index is 1.61. The molecule has 0 aliphatic carbocycles. The number of methoxy groups -OCH3 is 1. The van der Waals surface area contributed by atoms with Crippen molar-refractivity contribution in [2.75, 3.05) is 35.9 Å². The van der Waals surface area contributed by atoms with Crippen LogP contribution in [0, 0.1) is 0 Å². The summed E-state index contributed by atoms with van der Waals surface area (Å²) < 4.78 is 36.1. The molecule has 43 heavy (non-hydrogen) atoms. The van der Waals surface area contributed by atoms with Crippen LogP contribution in [0.2, 0.25) is 0 Å². The Morgan fingerprint density at radius 1 is 0.884 bits per heavy atom. The maximum absolute atomic E-state index is 14.1. The number of ether oxygens (including phenoxy) is 2. The van der Waals surface area contributed by atoms with Gasteiger partial charge < -0.3 is 14.8 Å². The van der Waals surface area contributed by atoms with Crippen molar-refractivity contribution in [3.63, 3.8) is 0 Å². The first-order chi connectivity index (χ1) is 20.4. The molecule has 0 saturated heterocycles. The maximum Gasteiger partial charge on any atom is 0.268 e. The zero-order valence-corrected chi connectivity index (χ0v) is 24.5. The monoisotopic (exact) mass is 605 g/mol. The van der Waals surface area contributed by atoms with E-state index in [1.807, 2.05) is 0 Å². The van der Waals surface area contributed by atoms with E-state index >= 15 is 0 Å². The number of amides is 5. The number of imide groups is 2. The van der Waals surface area contributed by atoms with Gasteiger partial charge in [-0.25, -0.2) is 13.3 Å². The van der Waals surface area contributed by atoms with E-state index in [-0.39, 0.29) is 40.2 Å². The molecule has 3 aromatic rings. The van der Waals surface area contributed by atoms with Crippen molar-refractivity contribution in [1.82, 2.24) is 4.90 Å². The number of hydrogen-bond donors (Lipinski definition) is 1. The molecule has 0 spiro atoms. The van der Waals surface area contributed by atoms with Crippen LogP contribution in [-0.4, -0.2) is 68.6 Å². The summed E-state index contributed by atoms with van der Waals surface area (Å²) in [4.78, 5) is 68.3. The predicted molar refractivity (Wildman–Crippen MR) is 155 cm³/mol. The molecule has 2 aliphatic rings.